The molecule has 4 atom stereocenters. The molecule has 0 saturated carbocycles. The van der Waals surface area contributed by atoms with E-state index in [2.05, 4.69) is 5.32 Å². The Bertz CT molecular complexity index is 1250. The Kier molecular flexibility index (Phi) is 7.61. The van der Waals surface area contributed by atoms with Gasteiger partial charge in [0.05, 0.1) is 38.9 Å². The molecule has 196 valence electrons. The van der Waals surface area contributed by atoms with E-state index < -0.39 is 41.2 Å². The number of ketones is 1. The fraction of sp³-hybridized carbons (Fsp3) is 0.407. The first-order chi connectivity index (χ1) is 17.7. The summed E-state index contributed by atoms with van der Waals surface area (Å²) < 4.78 is 16.1. The van der Waals surface area contributed by atoms with Gasteiger partial charge in [-0.3, -0.25) is 24.5 Å². The van der Waals surface area contributed by atoms with Crippen LogP contribution in [0.1, 0.15) is 35.3 Å². The lowest BCUT2D eigenvalue weighted by atomic mass is 9.77. The van der Waals surface area contributed by atoms with Gasteiger partial charge in [-0.05, 0) is 43.6 Å². The lowest BCUT2D eigenvalue weighted by Gasteiger charge is -2.32. The van der Waals surface area contributed by atoms with Crippen LogP contribution >= 0.6 is 11.8 Å². The number of rotatable bonds is 9. The Morgan fingerprint density at radius 2 is 1.81 bits per heavy atom. The van der Waals surface area contributed by atoms with Crippen molar-refractivity contribution in [1.82, 2.24) is 5.32 Å². The molecule has 0 bridgehead atoms. The minimum absolute atomic E-state index is 0.187. The van der Waals surface area contributed by atoms with Gasteiger partial charge >= 0.3 is 5.97 Å². The van der Waals surface area contributed by atoms with Gasteiger partial charge in [0.25, 0.3) is 0 Å². The highest BCUT2D eigenvalue weighted by Gasteiger charge is 2.69. The van der Waals surface area contributed by atoms with Crippen LogP contribution in [0.5, 0.6) is 11.5 Å². The number of anilines is 1. The zero-order chi connectivity index (χ0) is 26.9. The third kappa shape index (κ3) is 4.38. The molecule has 1 N–H and O–H groups in total. The third-order valence-electron chi connectivity index (χ3n) is 7.19. The van der Waals surface area contributed by atoms with Crippen LogP contribution in [0.2, 0.25) is 0 Å². The van der Waals surface area contributed by atoms with Gasteiger partial charge in [0, 0.05) is 23.2 Å². The number of nitrogens with one attached hydrogen (secondary N) is 1. The van der Waals surface area contributed by atoms with E-state index in [4.69, 9.17) is 14.2 Å². The monoisotopic (exact) mass is 526 g/mol. The van der Waals surface area contributed by atoms with Crippen LogP contribution < -0.4 is 19.7 Å². The number of esters is 1. The number of Topliss-reactive ketones (excluding diaryl/α,β-unsaturated/α-hetero) is 1. The first kappa shape index (κ1) is 26.7. The highest BCUT2D eigenvalue weighted by molar-refractivity contribution is 7.98. The van der Waals surface area contributed by atoms with Gasteiger partial charge in [-0.2, -0.15) is 11.8 Å². The Morgan fingerprint density at radius 3 is 2.43 bits per heavy atom. The van der Waals surface area contributed by atoms with Gasteiger partial charge in [0.1, 0.15) is 17.0 Å². The predicted molar refractivity (Wildman–Crippen MR) is 139 cm³/mol. The Morgan fingerprint density at radius 1 is 1.05 bits per heavy atom. The summed E-state index contributed by atoms with van der Waals surface area (Å²) in [5.41, 5.74) is -0.143. The van der Waals surface area contributed by atoms with Crippen LogP contribution in [0.15, 0.2) is 42.5 Å². The van der Waals surface area contributed by atoms with Crippen LogP contribution in [0.3, 0.4) is 0 Å². The molecule has 0 aliphatic carbocycles. The van der Waals surface area contributed by atoms with Crippen LogP contribution in [0.25, 0.3) is 0 Å². The maximum absolute atomic E-state index is 14.0. The second-order valence-electron chi connectivity index (χ2n) is 9.06. The highest BCUT2D eigenvalue weighted by Crippen LogP contribution is 2.53. The first-order valence-electron chi connectivity index (χ1n) is 11.8. The summed E-state index contributed by atoms with van der Waals surface area (Å²) in [5, 5.41) is 3.35. The lowest BCUT2D eigenvalue weighted by Crippen LogP contribution is -2.56. The molecule has 2 aromatic rings. The minimum Gasteiger partial charge on any atom is -0.497 e. The second-order valence-corrected chi connectivity index (χ2v) is 10.0. The molecule has 2 aliphatic rings. The highest BCUT2D eigenvalue weighted by atomic mass is 32.2. The summed E-state index contributed by atoms with van der Waals surface area (Å²) in [5.74, 6) is -2.11. The normalized spacial score (nSPS) is 24.7. The minimum atomic E-state index is -1.43. The summed E-state index contributed by atoms with van der Waals surface area (Å²) >= 11 is 1.53. The van der Waals surface area contributed by atoms with Gasteiger partial charge in [-0.1, -0.05) is 18.2 Å². The molecule has 2 fully saturated rings. The summed E-state index contributed by atoms with van der Waals surface area (Å²) in [6.45, 7) is 1.42. The number of ether oxygens (including phenoxy) is 3. The van der Waals surface area contributed by atoms with Crippen LogP contribution in [-0.2, 0) is 19.1 Å². The average Bonchev–Trinajstić information content (AvgIpc) is 3.40. The number of nitrogens with zero attached hydrogens (tertiary/aromatic N) is 1. The molecule has 0 spiro atoms. The lowest BCUT2D eigenvalue weighted by molar-refractivity contribution is -0.152. The largest absolute Gasteiger partial charge is 0.497 e. The van der Waals surface area contributed by atoms with Crippen molar-refractivity contribution in [2.75, 3.05) is 38.2 Å². The first-order valence-corrected chi connectivity index (χ1v) is 13.2. The van der Waals surface area contributed by atoms with E-state index in [-0.39, 0.29) is 12.2 Å². The summed E-state index contributed by atoms with van der Waals surface area (Å²) in [6.07, 6.45) is 2.18. The average molecular weight is 527 g/mol. The number of hydrogen-bond acceptors (Lipinski definition) is 9. The van der Waals surface area contributed by atoms with Crippen molar-refractivity contribution in [3.63, 3.8) is 0 Å². The fourth-order valence-corrected chi connectivity index (χ4v) is 5.95. The van der Waals surface area contributed by atoms with Crippen molar-refractivity contribution >= 4 is 41.0 Å². The van der Waals surface area contributed by atoms with E-state index in [1.54, 1.807) is 36.4 Å². The Hall–Kier alpha value is -3.37. The second kappa shape index (κ2) is 10.5. The van der Waals surface area contributed by atoms with Crippen molar-refractivity contribution in [3.05, 3.63) is 53.6 Å². The maximum atomic E-state index is 14.0. The van der Waals surface area contributed by atoms with Crippen molar-refractivity contribution < 1.29 is 33.4 Å². The molecule has 2 amide bonds. The van der Waals surface area contributed by atoms with E-state index in [1.165, 1.54) is 46.1 Å². The van der Waals surface area contributed by atoms with Gasteiger partial charge < -0.3 is 14.2 Å². The molecule has 0 radical (unpaired) electrons. The number of amides is 2. The molecule has 10 heteroatoms. The van der Waals surface area contributed by atoms with Crippen LogP contribution in [-0.4, -0.2) is 62.4 Å². The number of carbonyl (C=O) groups excluding carboxylic acids is 4. The number of imide groups is 1. The number of carbonyl (C=O) groups is 4. The van der Waals surface area contributed by atoms with E-state index >= 15 is 0 Å². The van der Waals surface area contributed by atoms with Crippen LogP contribution in [0, 0.1) is 11.8 Å². The standard InChI is InChI=1S/C27H30N2O7S/c1-15(30)16-7-6-8-17(13-16)29-24(31)21-22(25(29)32)27(11-12-37-5,26(33)36-4)28-23(21)19-10-9-18(34-2)14-20(19)35-3/h6-10,13-14,21-23,28H,11-12H2,1-5H3/t21-,22+,23+,27+/m0/s1. The van der Waals surface area contributed by atoms with Crippen molar-refractivity contribution in [2.24, 2.45) is 11.8 Å². The van der Waals surface area contributed by atoms with Crippen LogP contribution in [0.4, 0.5) is 5.69 Å². The third-order valence-corrected chi connectivity index (χ3v) is 7.80. The maximum Gasteiger partial charge on any atom is 0.326 e. The molecule has 2 aromatic carbocycles. The number of hydrogen-bond donors (Lipinski definition) is 1. The van der Waals surface area contributed by atoms with Gasteiger partial charge in [0.15, 0.2) is 5.78 Å². The Balaban J connectivity index is 1.90. The Labute approximate surface area is 219 Å². The number of thioether (sulfide) groups is 1. The van der Waals surface area contributed by atoms with E-state index in [9.17, 15) is 19.2 Å². The molecule has 2 heterocycles. The predicted octanol–water partition coefficient (Wildman–Crippen LogP) is 3.02. The summed E-state index contributed by atoms with van der Waals surface area (Å²) in [6, 6.07) is 10.9. The molecule has 0 aromatic heterocycles. The number of fused-ring (bicyclic) bond motifs is 1. The van der Waals surface area contributed by atoms with Crippen molar-refractivity contribution in [3.8, 4) is 11.5 Å². The molecular weight excluding hydrogens is 496 g/mol. The van der Waals surface area contributed by atoms with Crippen molar-refractivity contribution in [1.29, 1.82) is 0 Å². The molecule has 0 unspecified atom stereocenters. The number of methoxy groups -OCH3 is 3. The summed E-state index contributed by atoms with van der Waals surface area (Å²) in [4.78, 5) is 54.5. The van der Waals surface area contributed by atoms with Gasteiger partial charge in [-0.25, -0.2) is 4.90 Å². The van der Waals surface area contributed by atoms with E-state index in [1.807, 2.05) is 6.26 Å². The molecule has 4 rings (SSSR count). The fourth-order valence-electron chi connectivity index (χ4n) is 5.43. The zero-order valence-corrected chi connectivity index (χ0v) is 22.2. The SMILES string of the molecule is COC(=O)[C@]1(CCSC)N[C@H](c2ccc(OC)cc2OC)[C@H]2C(=O)N(c3cccc(C(C)=O)c3)C(=O)[C@@H]21. The summed E-state index contributed by atoms with van der Waals surface area (Å²) in [7, 11) is 4.32. The molecule has 2 aliphatic heterocycles. The van der Waals surface area contributed by atoms with E-state index in [0.29, 0.717) is 34.1 Å². The molecule has 2 saturated heterocycles. The van der Waals surface area contributed by atoms with Gasteiger partial charge in [0.2, 0.25) is 11.8 Å². The quantitative estimate of drug-likeness (QED) is 0.299. The van der Waals surface area contributed by atoms with Gasteiger partial charge in [-0.15, -0.1) is 0 Å². The molecule has 9 nitrogen and oxygen atoms in total. The smallest absolute Gasteiger partial charge is 0.326 e. The topological polar surface area (TPSA) is 111 Å². The van der Waals surface area contributed by atoms with Crippen molar-refractivity contribution in [2.45, 2.75) is 24.9 Å². The molecular formula is C27H30N2O7S. The zero-order valence-electron chi connectivity index (χ0n) is 21.4. The number of benzene rings is 2. The molecule has 37 heavy (non-hydrogen) atoms. The van der Waals surface area contributed by atoms with E-state index in [0.717, 1.165) is 4.90 Å².